The van der Waals surface area contributed by atoms with Crippen molar-refractivity contribution >= 4 is 29.9 Å². The second-order valence-corrected chi connectivity index (χ2v) is 6.69. The molecule has 0 spiro atoms. The fourth-order valence-corrected chi connectivity index (χ4v) is 2.66. The lowest BCUT2D eigenvalue weighted by Gasteiger charge is -2.20. The summed E-state index contributed by atoms with van der Waals surface area (Å²) in [4.78, 5) is 4.63. The number of ether oxygens (including phenoxy) is 4. The Morgan fingerprint density at radius 1 is 1.25 bits per heavy atom. The van der Waals surface area contributed by atoms with Crippen molar-refractivity contribution in [2.75, 3.05) is 40.0 Å². The van der Waals surface area contributed by atoms with Gasteiger partial charge in [-0.25, -0.2) is 4.99 Å². The second-order valence-electron chi connectivity index (χ2n) is 6.69. The van der Waals surface area contributed by atoms with Crippen LogP contribution in [0.1, 0.15) is 27.2 Å². The van der Waals surface area contributed by atoms with E-state index in [1.54, 1.807) is 7.11 Å². The van der Waals surface area contributed by atoms with Gasteiger partial charge >= 0.3 is 0 Å². The minimum absolute atomic E-state index is 0. The average molecular weight is 507 g/mol. The first kappa shape index (κ1) is 24.8. The van der Waals surface area contributed by atoms with Gasteiger partial charge in [0.2, 0.25) is 0 Å². The molecule has 0 saturated carbocycles. The molecule has 1 heterocycles. The molecular weight excluding hydrogens is 473 g/mol. The molecule has 0 radical (unpaired) electrons. The summed E-state index contributed by atoms with van der Waals surface area (Å²) >= 11 is 0. The van der Waals surface area contributed by atoms with E-state index in [2.05, 4.69) is 22.5 Å². The van der Waals surface area contributed by atoms with Crippen molar-refractivity contribution in [3.05, 3.63) is 24.3 Å². The smallest absolute Gasteiger partial charge is 0.191 e. The molecule has 160 valence electrons. The number of aliphatic imine (C=N–C) groups is 1. The fraction of sp³-hybridized carbons (Fsp3) is 0.650. The SMILES string of the molecule is CCNC(=NCC(C)Oc1ccc(OC)cc1)NC(C)COC1CCOC1.I. The molecule has 1 aromatic rings. The molecule has 0 bridgehead atoms. The standard InChI is InChI=1S/C20H33N3O4.HI/c1-5-21-20(23-15(2)13-26-19-10-11-25-14-19)22-12-16(3)27-18-8-6-17(24-4)7-9-18;/h6-9,15-16,19H,5,10-14H2,1-4H3,(H2,21,22,23);1H. The molecule has 1 aromatic carbocycles. The van der Waals surface area contributed by atoms with Gasteiger partial charge in [-0.3, -0.25) is 0 Å². The van der Waals surface area contributed by atoms with Crippen LogP contribution in [0.25, 0.3) is 0 Å². The van der Waals surface area contributed by atoms with E-state index < -0.39 is 0 Å². The fourth-order valence-electron chi connectivity index (χ4n) is 2.66. The molecule has 2 N–H and O–H groups in total. The lowest BCUT2D eigenvalue weighted by atomic mass is 10.3. The number of methoxy groups -OCH3 is 1. The average Bonchev–Trinajstić information content (AvgIpc) is 3.19. The summed E-state index contributed by atoms with van der Waals surface area (Å²) in [6.45, 7) is 9.59. The van der Waals surface area contributed by atoms with Crippen molar-refractivity contribution in [3.8, 4) is 11.5 Å². The highest BCUT2D eigenvalue weighted by molar-refractivity contribution is 14.0. The van der Waals surface area contributed by atoms with Gasteiger partial charge in [-0.15, -0.1) is 24.0 Å². The van der Waals surface area contributed by atoms with Crippen molar-refractivity contribution in [2.45, 2.75) is 45.4 Å². The zero-order valence-corrected chi connectivity index (χ0v) is 19.6. The Kier molecular flexibility index (Phi) is 12.2. The summed E-state index contributed by atoms with van der Waals surface area (Å²) < 4.78 is 22.3. The summed E-state index contributed by atoms with van der Waals surface area (Å²) in [6, 6.07) is 7.71. The van der Waals surface area contributed by atoms with Crippen LogP contribution in [0.15, 0.2) is 29.3 Å². The van der Waals surface area contributed by atoms with E-state index in [1.807, 2.05) is 38.1 Å². The van der Waals surface area contributed by atoms with Crippen LogP contribution in [0.4, 0.5) is 0 Å². The van der Waals surface area contributed by atoms with Crippen LogP contribution in [0.5, 0.6) is 11.5 Å². The Morgan fingerprint density at radius 3 is 2.57 bits per heavy atom. The molecule has 1 fully saturated rings. The number of hydrogen-bond donors (Lipinski definition) is 2. The monoisotopic (exact) mass is 507 g/mol. The Hall–Kier alpha value is -1.26. The summed E-state index contributed by atoms with van der Waals surface area (Å²) in [5.74, 6) is 2.38. The van der Waals surface area contributed by atoms with E-state index in [0.29, 0.717) is 19.8 Å². The molecule has 0 aliphatic carbocycles. The van der Waals surface area contributed by atoms with Crippen molar-refractivity contribution < 1.29 is 18.9 Å². The first-order chi connectivity index (χ1) is 13.1. The number of benzene rings is 1. The lowest BCUT2D eigenvalue weighted by molar-refractivity contribution is 0.0347. The third-order valence-corrected chi connectivity index (χ3v) is 4.10. The quantitative estimate of drug-likeness (QED) is 0.288. The topological polar surface area (TPSA) is 73.3 Å². The van der Waals surface area contributed by atoms with Crippen molar-refractivity contribution in [1.29, 1.82) is 0 Å². The highest BCUT2D eigenvalue weighted by Gasteiger charge is 2.17. The molecule has 1 aliphatic rings. The van der Waals surface area contributed by atoms with Gasteiger partial charge in [-0.05, 0) is 51.5 Å². The molecule has 1 aliphatic heterocycles. The second kappa shape index (κ2) is 13.8. The Labute approximate surface area is 185 Å². The number of nitrogens with zero attached hydrogens (tertiary/aromatic N) is 1. The molecule has 28 heavy (non-hydrogen) atoms. The van der Waals surface area contributed by atoms with Crippen LogP contribution < -0.4 is 20.1 Å². The molecule has 0 aromatic heterocycles. The first-order valence-electron chi connectivity index (χ1n) is 9.65. The maximum absolute atomic E-state index is 5.91. The van der Waals surface area contributed by atoms with Crippen LogP contribution in [-0.4, -0.2) is 64.2 Å². The number of guanidine groups is 1. The normalized spacial score (nSPS) is 18.7. The zero-order valence-electron chi connectivity index (χ0n) is 17.3. The summed E-state index contributed by atoms with van der Waals surface area (Å²) in [7, 11) is 1.65. The van der Waals surface area contributed by atoms with E-state index >= 15 is 0 Å². The molecule has 8 heteroatoms. The van der Waals surface area contributed by atoms with E-state index in [9.17, 15) is 0 Å². The number of rotatable bonds is 10. The van der Waals surface area contributed by atoms with Gasteiger partial charge in [0, 0.05) is 19.2 Å². The van der Waals surface area contributed by atoms with E-state index in [0.717, 1.165) is 37.0 Å². The van der Waals surface area contributed by atoms with Crippen LogP contribution in [0.3, 0.4) is 0 Å². The van der Waals surface area contributed by atoms with E-state index in [-0.39, 0.29) is 42.2 Å². The summed E-state index contributed by atoms with van der Waals surface area (Å²) in [5.41, 5.74) is 0. The predicted octanol–water partition coefficient (Wildman–Crippen LogP) is 2.83. The number of halogens is 1. The maximum atomic E-state index is 5.91. The van der Waals surface area contributed by atoms with Gasteiger partial charge in [-0.1, -0.05) is 0 Å². The third-order valence-electron chi connectivity index (χ3n) is 4.10. The first-order valence-corrected chi connectivity index (χ1v) is 9.65. The van der Waals surface area contributed by atoms with Crippen LogP contribution in [0.2, 0.25) is 0 Å². The van der Waals surface area contributed by atoms with Gasteiger partial charge in [0.1, 0.15) is 17.6 Å². The third kappa shape index (κ3) is 9.29. The van der Waals surface area contributed by atoms with Gasteiger partial charge in [0.25, 0.3) is 0 Å². The highest BCUT2D eigenvalue weighted by Crippen LogP contribution is 2.18. The van der Waals surface area contributed by atoms with Crippen molar-refractivity contribution in [2.24, 2.45) is 4.99 Å². The van der Waals surface area contributed by atoms with Crippen molar-refractivity contribution in [1.82, 2.24) is 10.6 Å². The largest absolute Gasteiger partial charge is 0.497 e. The molecule has 1 saturated heterocycles. The summed E-state index contributed by atoms with van der Waals surface area (Å²) in [5, 5.41) is 6.64. The van der Waals surface area contributed by atoms with Gasteiger partial charge < -0.3 is 29.6 Å². The minimum Gasteiger partial charge on any atom is -0.497 e. The van der Waals surface area contributed by atoms with Crippen molar-refractivity contribution in [3.63, 3.8) is 0 Å². The summed E-state index contributed by atoms with van der Waals surface area (Å²) in [6.07, 6.45) is 1.14. The van der Waals surface area contributed by atoms with Gasteiger partial charge in [0.15, 0.2) is 5.96 Å². The number of nitrogens with one attached hydrogen (secondary N) is 2. The molecule has 3 atom stereocenters. The Morgan fingerprint density at radius 2 is 1.96 bits per heavy atom. The van der Waals surface area contributed by atoms with E-state index in [4.69, 9.17) is 18.9 Å². The molecular formula is C20H34IN3O4. The zero-order chi connectivity index (χ0) is 19.5. The molecule has 3 unspecified atom stereocenters. The highest BCUT2D eigenvalue weighted by atomic mass is 127. The predicted molar refractivity (Wildman–Crippen MR) is 122 cm³/mol. The number of hydrogen-bond acceptors (Lipinski definition) is 5. The maximum Gasteiger partial charge on any atom is 0.191 e. The Bertz CT molecular complexity index is 565. The lowest BCUT2D eigenvalue weighted by Crippen LogP contribution is -2.45. The Balaban J connectivity index is 0.00000392. The van der Waals surface area contributed by atoms with Crippen LogP contribution in [-0.2, 0) is 9.47 Å². The van der Waals surface area contributed by atoms with Gasteiger partial charge in [-0.2, -0.15) is 0 Å². The minimum atomic E-state index is -0.0453. The van der Waals surface area contributed by atoms with Gasteiger partial charge in [0.05, 0.1) is 33.0 Å². The van der Waals surface area contributed by atoms with Crippen LogP contribution >= 0.6 is 24.0 Å². The molecule has 2 rings (SSSR count). The van der Waals surface area contributed by atoms with Crippen LogP contribution in [0, 0.1) is 0 Å². The van der Waals surface area contributed by atoms with E-state index in [1.165, 1.54) is 0 Å². The molecule has 7 nitrogen and oxygen atoms in total. The molecule has 0 amide bonds.